The predicted molar refractivity (Wildman–Crippen MR) is 316 cm³/mol. The van der Waals surface area contributed by atoms with E-state index in [-0.39, 0.29) is 50.2 Å². The maximum Gasteiger partial charge on any atom is 0.244 e. The van der Waals surface area contributed by atoms with E-state index in [1.807, 2.05) is 66.7 Å². The molecule has 3 heterocycles. The summed E-state index contributed by atoms with van der Waals surface area (Å²) in [5.41, 5.74) is 20.2. The Labute approximate surface area is 482 Å². The third kappa shape index (κ3) is 17.6. The number of nitrogens with zero attached hydrogens (tertiary/aromatic N) is 1. The third-order valence-electron chi connectivity index (χ3n) is 13.9. The average molecular weight is 1160 g/mol. The van der Waals surface area contributed by atoms with Crippen LogP contribution in [0.2, 0.25) is 0 Å². The van der Waals surface area contributed by atoms with Crippen LogP contribution in [0.25, 0.3) is 21.7 Å². The van der Waals surface area contributed by atoms with Crippen molar-refractivity contribution in [1.29, 1.82) is 0 Å². The summed E-state index contributed by atoms with van der Waals surface area (Å²) < 4.78 is 13.8. The van der Waals surface area contributed by atoms with Gasteiger partial charge in [-0.05, 0) is 95.4 Å². The molecule has 0 saturated carbocycles. The molecule has 0 radical (unpaired) electrons. The minimum Gasteiger partial charge on any atom is -0.368 e. The number of primary amides is 1. The van der Waals surface area contributed by atoms with Crippen LogP contribution in [0.3, 0.4) is 0 Å². The van der Waals surface area contributed by atoms with Crippen molar-refractivity contribution in [2.45, 2.75) is 114 Å². The number of unbranched alkanes of at least 4 members (excludes halogenated alkanes) is 1. The number of carbonyl (C=O) groups is 8. The number of aromatic amines is 1. The Morgan fingerprint density at radius 1 is 0.707 bits per heavy atom. The number of hydrogen-bond acceptors (Lipinski definition) is 13. The number of rotatable bonds is 17. The van der Waals surface area contributed by atoms with Crippen LogP contribution in [-0.4, -0.2) is 124 Å². The van der Waals surface area contributed by atoms with Gasteiger partial charge >= 0.3 is 0 Å². The highest BCUT2D eigenvalue weighted by Crippen LogP contribution is 2.26. The summed E-state index contributed by atoms with van der Waals surface area (Å²) in [6.07, 6.45) is 3.88. The number of halogens is 1. The number of H-pyrrole nitrogens is 1. The van der Waals surface area contributed by atoms with Crippen molar-refractivity contribution in [2.75, 3.05) is 18.1 Å². The van der Waals surface area contributed by atoms with E-state index in [1.165, 1.54) is 30.5 Å². The molecule has 1 saturated heterocycles. The Kier molecular flexibility index (Phi) is 22.0. The van der Waals surface area contributed by atoms with Gasteiger partial charge in [-0.25, -0.2) is 4.39 Å². The van der Waals surface area contributed by atoms with Crippen molar-refractivity contribution in [3.05, 3.63) is 150 Å². The molecule has 1 aliphatic rings. The van der Waals surface area contributed by atoms with E-state index < -0.39 is 107 Å². The van der Waals surface area contributed by atoms with Gasteiger partial charge in [0.25, 0.3) is 0 Å². The summed E-state index contributed by atoms with van der Waals surface area (Å²) in [6.45, 7) is 5.42. The smallest absolute Gasteiger partial charge is 0.244 e. The highest BCUT2D eigenvalue weighted by atomic mass is 33.1. The highest BCUT2D eigenvalue weighted by Gasteiger charge is 2.39. The first-order valence-electron chi connectivity index (χ1n) is 27.0. The van der Waals surface area contributed by atoms with Crippen LogP contribution < -0.4 is 54.4 Å². The molecule has 2 aromatic heterocycles. The van der Waals surface area contributed by atoms with Gasteiger partial charge in [-0.15, -0.1) is 0 Å². The molecule has 82 heavy (non-hydrogen) atoms. The monoisotopic (exact) mass is 1160 g/mol. The lowest BCUT2D eigenvalue weighted by atomic mass is 9.85. The number of nitrogens with two attached hydrogens (primary N) is 3. The Morgan fingerprint density at radius 2 is 1.35 bits per heavy atom. The zero-order valence-electron chi connectivity index (χ0n) is 45.9. The zero-order chi connectivity index (χ0) is 58.9. The maximum absolute atomic E-state index is 14.9. The van der Waals surface area contributed by atoms with E-state index in [0.29, 0.717) is 35.2 Å². The lowest BCUT2D eigenvalue weighted by Gasteiger charge is -2.33. The fraction of sp³-hybridized carbons (Fsp3) is 0.373. The number of aromatic nitrogens is 2. The first kappa shape index (κ1) is 61.8. The van der Waals surface area contributed by atoms with E-state index in [9.17, 15) is 42.7 Å². The molecule has 23 heteroatoms. The van der Waals surface area contributed by atoms with E-state index >= 15 is 0 Å². The number of nitrogens with one attached hydrogen (secondary N) is 8. The molecule has 434 valence electrons. The maximum atomic E-state index is 14.9. The van der Waals surface area contributed by atoms with Gasteiger partial charge in [0.05, 0.1) is 6.04 Å². The summed E-state index contributed by atoms with van der Waals surface area (Å²) in [6, 6.07) is 20.4. The fourth-order valence-electron chi connectivity index (χ4n) is 9.36. The average Bonchev–Trinajstić information content (AvgIpc) is 3.90. The number of carbonyl (C=O) groups excluding carboxylic acids is 8. The standard InChI is InChI=1S/C59H71FN12O8S2/c1-59(2,3)50-58(80)71-49(56(78)67-45(51(63)73)28-35-18-21-36-12-4-5-13-37(36)26-35)33-82-81-32-48(70-52(74)42(62)27-34-19-22-39(60)23-20-34)57(79)69-47(30-40-14-9-11-25-64-40)55(77)68-46(29-38-31-65-43-16-7-6-15-41(38)43)54(76)66-44(53(75)72-50)17-8-10-24-61/h4-7,9,11-16,18-23,25-26,31,42,44-50,65H,8,10,17,24,27-30,32-33,61-62H2,1-3H3,(H2,63,73)(H,66,76)(H,67,78)(H,68,77)(H,69,79)(H,70,74)(H,71,80)(H,72,75)/t42-,44-,45-,46+,47-,48+,49-,50+/m0/s1. The van der Waals surface area contributed by atoms with Crippen LogP contribution in [0.4, 0.5) is 4.39 Å². The molecule has 0 spiro atoms. The van der Waals surface area contributed by atoms with Crippen LogP contribution in [0.15, 0.2) is 122 Å². The summed E-state index contributed by atoms with van der Waals surface area (Å²) >= 11 is 0. The van der Waals surface area contributed by atoms with Crippen LogP contribution in [-0.2, 0) is 64.0 Å². The second kappa shape index (κ2) is 29.2. The van der Waals surface area contributed by atoms with Gasteiger partial charge in [-0.2, -0.15) is 0 Å². The molecule has 8 amide bonds. The van der Waals surface area contributed by atoms with Gasteiger partial charge in [0.2, 0.25) is 47.3 Å². The SMILES string of the molecule is CC(C)(C)[C@@H]1NC(=O)[C@H](CCCCN)NC(=O)[C@@H](Cc2c[nH]c3ccccc23)NC(=O)[C@H](Cc2ccccn2)NC(=O)[C@H](NC(=O)[C@@H](N)Cc2ccc(F)cc2)CSSC[C@@H](C(=O)N[C@@H](Cc2ccc3ccccc3c2)C(N)=O)NC1=O. The topological polar surface area (TPSA) is 328 Å². The van der Waals surface area contributed by atoms with Gasteiger partial charge in [0.1, 0.15) is 48.1 Å². The van der Waals surface area contributed by atoms with Gasteiger partial charge in [-0.1, -0.05) is 121 Å². The van der Waals surface area contributed by atoms with Gasteiger partial charge in [0.15, 0.2) is 0 Å². The molecule has 6 aromatic rings. The first-order valence-corrected chi connectivity index (χ1v) is 29.5. The number of fused-ring (bicyclic) bond motifs is 2. The largest absolute Gasteiger partial charge is 0.368 e. The highest BCUT2D eigenvalue weighted by molar-refractivity contribution is 8.76. The lowest BCUT2D eigenvalue weighted by molar-refractivity contribution is -0.136. The first-order chi connectivity index (χ1) is 39.3. The Bertz CT molecular complexity index is 3220. The van der Waals surface area contributed by atoms with E-state index in [1.54, 1.807) is 45.2 Å². The number of amides is 8. The van der Waals surface area contributed by atoms with Crippen LogP contribution in [0.5, 0.6) is 0 Å². The number of para-hydroxylation sites is 1. The zero-order valence-corrected chi connectivity index (χ0v) is 47.5. The van der Waals surface area contributed by atoms with Crippen molar-refractivity contribution in [1.82, 2.24) is 47.2 Å². The molecule has 8 atom stereocenters. The van der Waals surface area contributed by atoms with E-state index in [4.69, 9.17) is 17.2 Å². The second-order valence-electron chi connectivity index (χ2n) is 21.3. The normalized spacial score (nSPS) is 20.7. The van der Waals surface area contributed by atoms with Gasteiger partial charge < -0.3 is 59.4 Å². The number of pyridine rings is 1. The Morgan fingerprint density at radius 3 is 2.06 bits per heavy atom. The molecular weight excluding hydrogens is 1090 g/mol. The van der Waals surface area contributed by atoms with Gasteiger partial charge in [-0.3, -0.25) is 43.3 Å². The van der Waals surface area contributed by atoms with Crippen molar-refractivity contribution < 1.29 is 42.7 Å². The molecule has 0 unspecified atom stereocenters. The third-order valence-corrected chi connectivity index (χ3v) is 16.4. The molecule has 0 aliphatic carbocycles. The van der Waals surface area contributed by atoms with Gasteiger partial charge in [0, 0.05) is 59.8 Å². The molecule has 1 fully saturated rings. The molecule has 0 bridgehead atoms. The Hall–Kier alpha value is -7.86. The molecule has 7 rings (SSSR count). The van der Waals surface area contributed by atoms with Crippen LogP contribution in [0.1, 0.15) is 62.4 Å². The van der Waals surface area contributed by atoms with Crippen LogP contribution in [0, 0.1) is 11.2 Å². The minimum absolute atomic E-state index is 0.00812. The van der Waals surface area contributed by atoms with Crippen molar-refractivity contribution in [3.8, 4) is 0 Å². The lowest BCUT2D eigenvalue weighted by Crippen LogP contribution is -2.63. The second-order valence-corrected chi connectivity index (χ2v) is 23.9. The molecule has 4 aromatic carbocycles. The summed E-state index contributed by atoms with van der Waals surface area (Å²) in [5.74, 6) is -7.17. The van der Waals surface area contributed by atoms with Crippen molar-refractivity contribution in [3.63, 3.8) is 0 Å². The van der Waals surface area contributed by atoms with Crippen molar-refractivity contribution in [2.24, 2.45) is 22.6 Å². The molecule has 20 nitrogen and oxygen atoms in total. The fourth-order valence-corrected chi connectivity index (χ4v) is 11.7. The van der Waals surface area contributed by atoms with E-state index in [0.717, 1.165) is 43.3 Å². The van der Waals surface area contributed by atoms with Crippen molar-refractivity contribution >= 4 is 90.5 Å². The number of benzene rings is 4. The predicted octanol–water partition coefficient (Wildman–Crippen LogP) is 2.90. The summed E-state index contributed by atoms with van der Waals surface area (Å²) in [5, 5.41) is 22.2. The molecular formula is C59H71FN12O8S2. The summed E-state index contributed by atoms with van der Waals surface area (Å²) in [7, 11) is 2.08. The quantitative estimate of drug-likeness (QED) is 0.0463. The number of hydrogen-bond donors (Lipinski definition) is 11. The van der Waals surface area contributed by atoms with E-state index in [2.05, 4.69) is 47.2 Å². The summed E-state index contributed by atoms with van der Waals surface area (Å²) in [4.78, 5) is 123. The minimum atomic E-state index is -1.41. The van der Waals surface area contributed by atoms with Crippen LogP contribution >= 0.6 is 21.6 Å². The Balaban J connectivity index is 1.26. The molecule has 14 N–H and O–H groups in total. The molecule has 1 aliphatic heterocycles.